The molecule has 0 fully saturated rings. The fourth-order valence-corrected chi connectivity index (χ4v) is 4.15. The van der Waals surface area contributed by atoms with E-state index in [1.54, 1.807) is 11.3 Å². The van der Waals surface area contributed by atoms with Gasteiger partial charge in [-0.3, -0.25) is 4.79 Å². The average Bonchev–Trinajstić information content (AvgIpc) is 2.82. The van der Waals surface area contributed by atoms with E-state index in [1.807, 2.05) is 20.8 Å². The molecule has 1 N–H and O–H groups in total. The number of aromatic nitrogens is 1. The largest absolute Gasteiger partial charge is 0.391 e. The molecule has 0 atom stereocenters. The minimum atomic E-state index is -0.219. The standard InChI is InChI=1S/C19H21NO2S/c1-11-5-7-15(8-6-11)9-20-13(3)16(10-21)18(22)17-12(2)14(4)23-19(17)20/h5-8,21H,9-10H2,1-4H3. The van der Waals surface area contributed by atoms with Crippen LogP contribution in [0.2, 0.25) is 0 Å². The van der Waals surface area contributed by atoms with Crippen molar-refractivity contribution in [2.24, 2.45) is 0 Å². The Kier molecular flexibility index (Phi) is 4.13. The lowest BCUT2D eigenvalue weighted by Crippen LogP contribution is -2.19. The summed E-state index contributed by atoms with van der Waals surface area (Å²) >= 11 is 1.66. The van der Waals surface area contributed by atoms with E-state index in [9.17, 15) is 9.90 Å². The van der Waals surface area contributed by atoms with E-state index in [4.69, 9.17) is 0 Å². The van der Waals surface area contributed by atoms with Crippen molar-refractivity contribution in [3.63, 3.8) is 0 Å². The van der Waals surface area contributed by atoms with Crippen molar-refractivity contribution >= 4 is 21.6 Å². The smallest absolute Gasteiger partial charge is 0.196 e. The summed E-state index contributed by atoms with van der Waals surface area (Å²) in [4.78, 5) is 14.9. The van der Waals surface area contributed by atoms with Gasteiger partial charge in [0.25, 0.3) is 0 Å². The molecule has 0 aliphatic carbocycles. The Morgan fingerprint density at radius 3 is 2.35 bits per heavy atom. The van der Waals surface area contributed by atoms with Crippen LogP contribution in [0.3, 0.4) is 0 Å². The van der Waals surface area contributed by atoms with Crippen molar-refractivity contribution in [3.05, 3.63) is 67.3 Å². The van der Waals surface area contributed by atoms with Crippen LogP contribution in [0.15, 0.2) is 29.1 Å². The van der Waals surface area contributed by atoms with Crippen LogP contribution in [0.25, 0.3) is 10.2 Å². The second-order valence-electron chi connectivity index (χ2n) is 6.09. The molecule has 0 unspecified atom stereocenters. The zero-order valence-electron chi connectivity index (χ0n) is 13.9. The Bertz CT molecular complexity index is 933. The molecule has 2 aromatic heterocycles. The lowest BCUT2D eigenvalue weighted by atomic mass is 10.1. The Balaban J connectivity index is 2.28. The molecular formula is C19H21NO2S. The minimum absolute atomic E-state index is 0.0259. The van der Waals surface area contributed by atoms with E-state index < -0.39 is 0 Å². The Labute approximate surface area is 139 Å². The van der Waals surface area contributed by atoms with Gasteiger partial charge in [-0.25, -0.2) is 0 Å². The number of thiophene rings is 1. The molecule has 0 saturated carbocycles. The number of nitrogens with zero attached hydrogens (tertiary/aromatic N) is 1. The first-order chi connectivity index (χ1) is 10.9. The maximum absolute atomic E-state index is 12.7. The molecule has 3 nitrogen and oxygen atoms in total. The molecule has 120 valence electrons. The highest BCUT2D eigenvalue weighted by atomic mass is 32.1. The lowest BCUT2D eigenvalue weighted by molar-refractivity contribution is 0.279. The SMILES string of the molecule is Cc1ccc(Cn2c(C)c(CO)c(=O)c3c(C)c(C)sc32)cc1. The molecule has 23 heavy (non-hydrogen) atoms. The highest BCUT2D eigenvalue weighted by Crippen LogP contribution is 2.30. The quantitative estimate of drug-likeness (QED) is 0.794. The molecular weight excluding hydrogens is 306 g/mol. The number of aryl methyl sites for hydroxylation is 3. The van der Waals surface area contributed by atoms with Crippen LogP contribution in [0, 0.1) is 27.7 Å². The van der Waals surface area contributed by atoms with Crippen LogP contribution in [-0.4, -0.2) is 9.67 Å². The van der Waals surface area contributed by atoms with E-state index in [1.165, 1.54) is 11.1 Å². The molecule has 3 rings (SSSR count). The predicted octanol–water partition coefficient (Wildman–Crippen LogP) is 3.84. The fourth-order valence-electron chi connectivity index (χ4n) is 2.95. The van der Waals surface area contributed by atoms with Crippen LogP contribution in [0.1, 0.15) is 32.8 Å². The van der Waals surface area contributed by atoms with E-state index in [0.29, 0.717) is 12.1 Å². The first-order valence-electron chi connectivity index (χ1n) is 7.72. The molecule has 2 heterocycles. The minimum Gasteiger partial charge on any atom is -0.391 e. The number of aliphatic hydroxyl groups is 1. The third kappa shape index (κ3) is 2.62. The summed E-state index contributed by atoms with van der Waals surface area (Å²) in [7, 11) is 0. The predicted molar refractivity (Wildman–Crippen MR) is 96.5 cm³/mol. The van der Waals surface area contributed by atoms with Crippen LogP contribution < -0.4 is 5.43 Å². The number of hydrogen-bond acceptors (Lipinski definition) is 3. The van der Waals surface area contributed by atoms with E-state index in [2.05, 4.69) is 35.8 Å². The molecule has 0 bridgehead atoms. The first kappa shape index (κ1) is 16.0. The number of aliphatic hydroxyl groups excluding tert-OH is 1. The van der Waals surface area contributed by atoms with Gasteiger partial charge < -0.3 is 9.67 Å². The normalized spacial score (nSPS) is 11.3. The number of fused-ring (bicyclic) bond motifs is 1. The summed E-state index contributed by atoms with van der Waals surface area (Å²) < 4.78 is 2.16. The molecule has 0 amide bonds. The summed E-state index contributed by atoms with van der Waals surface area (Å²) in [6, 6.07) is 8.43. The summed E-state index contributed by atoms with van der Waals surface area (Å²) in [5.74, 6) is 0. The van der Waals surface area contributed by atoms with Crippen molar-refractivity contribution in [3.8, 4) is 0 Å². The summed E-state index contributed by atoms with van der Waals surface area (Å²) in [5.41, 5.74) is 4.78. The molecule has 1 aromatic carbocycles. The highest BCUT2D eigenvalue weighted by molar-refractivity contribution is 7.18. The van der Waals surface area contributed by atoms with Gasteiger partial charge in [0.2, 0.25) is 0 Å². The topological polar surface area (TPSA) is 42.2 Å². The van der Waals surface area contributed by atoms with Gasteiger partial charge in [0.1, 0.15) is 4.83 Å². The van der Waals surface area contributed by atoms with Crippen LogP contribution in [-0.2, 0) is 13.2 Å². The van der Waals surface area contributed by atoms with Crippen molar-refractivity contribution in [2.45, 2.75) is 40.8 Å². The summed E-state index contributed by atoms with van der Waals surface area (Å²) in [5, 5.41) is 10.4. The third-order valence-electron chi connectivity index (χ3n) is 4.57. The van der Waals surface area contributed by atoms with Gasteiger partial charge in [-0.15, -0.1) is 11.3 Å². The van der Waals surface area contributed by atoms with Crippen LogP contribution in [0.5, 0.6) is 0 Å². The summed E-state index contributed by atoms with van der Waals surface area (Å²) in [6.45, 7) is 8.51. The van der Waals surface area contributed by atoms with Gasteiger partial charge in [-0.2, -0.15) is 0 Å². The number of benzene rings is 1. The van der Waals surface area contributed by atoms with Gasteiger partial charge in [-0.1, -0.05) is 29.8 Å². The van der Waals surface area contributed by atoms with Crippen LogP contribution >= 0.6 is 11.3 Å². The van der Waals surface area contributed by atoms with E-state index in [0.717, 1.165) is 26.4 Å². The second-order valence-corrected chi connectivity index (χ2v) is 7.29. The molecule has 0 aliphatic heterocycles. The van der Waals surface area contributed by atoms with Crippen molar-refractivity contribution in [2.75, 3.05) is 0 Å². The number of rotatable bonds is 3. The summed E-state index contributed by atoms with van der Waals surface area (Å²) in [6.07, 6.45) is 0. The Morgan fingerprint density at radius 1 is 1.09 bits per heavy atom. The number of pyridine rings is 1. The first-order valence-corrected chi connectivity index (χ1v) is 8.54. The van der Waals surface area contributed by atoms with Crippen molar-refractivity contribution in [1.82, 2.24) is 4.57 Å². The molecule has 0 radical (unpaired) electrons. The Hall–Kier alpha value is -1.91. The molecule has 4 heteroatoms. The zero-order chi connectivity index (χ0) is 16.7. The van der Waals surface area contributed by atoms with Crippen LogP contribution in [0.4, 0.5) is 0 Å². The van der Waals surface area contributed by atoms with Crippen molar-refractivity contribution in [1.29, 1.82) is 0 Å². The molecule has 0 saturated heterocycles. The maximum atomic E-state index is 12.7. The zero-order valence-corrected chi connectivity index (χ0v) is 14.8. The number of hydrogen-bond donors (Lipinski definition) is 1. The van der Waals surface area contributed by atoms with Gasteiger partial charge in [0.05, 0.1) is 12.0 Å². The van der Waals surface area contributed by atoms with Crippen molar-refractivity contribution < 1.29 is 5.11 Å². The third-order valence-corrected chi connectivity index (χ3v) is 5.80. The monoisotopic (exact) mass is 327 g/mol. The lowest BCUT2D eigenvalue weighted by Gasteiger charge is -2.16. The second kappa shape index (κ2) is 5.95. The maximum Gasteiger partial charge on any atom is 0.196 e. The molecule has 0 spiro atoms. The van der Waals surface area contributed by atoms with E-state index >= 15 is 0 Å². The van der Waals surface area contributed by atoms with Gasteiger partial charge >= 0.3 is 0 Å². The Morgan fingerprint density at radius 2 is 1.74 bits per heavy atom. The fraction of sp³-hybridized carbons (Fsp3) is 0.316. The van der Waals surface area contributed by atoms with Gasteiger partial charge in [0, 0.05) is 22.7 Å². The molecule has 0 aliphatic rings. The van der Waals surface area contributed by atoms with E-state index in [-0.39, 0.29) is 12.0 Å². The molecule has 3 aromatic rings. The highest BCUT2D eigenvalue weighted by Gasteiger charge is 2.18. The van der Waals surface area contributed by atoms with Gasteiger partial charge in [-0.05, 0) is 38.8 Å². The van der Waals surface area contributed by atoms with Gasteiger partial charge in [0.15, 0.2) is 5.43 Å². The average molecular weight is 327 g/mol.